The minimum Gasteiger partial charge on any atom is -0.481 e. The highest BCUT2D eigenvalue weighted by atomic mass is 19.3. The van der Waals surface area contributed by atoms with Crippen LogP contribution in [0.25, 0.3) is 11.3 Å². The maximum atomic E-state index is 15.2. The van der Waals surface area contributed by atoms with Crippen LogP contribution in [0.5, 0.6) is 5.75 Å². The number of nitrogens with zero attached hydrogens (tertiary/aromatic N) is 2. The number of alkyl halides is 4. The van der Waals surface area contributed by atoms with Gasteiger partial charge in [0.2, 0.25) is 0 Å². The van der Waals surface area contributed by atoms with Crippen LogP contribution in [0.3, 0.4) is 0 Å². The Kier molecular flexibility index (Phi) is 5.44. The van der Waals surface area contributed by atoms with Gasteiger partial charge in [0.25, 0.3) is 5.92 Å². The van der Waals surface area contributed by atoms with Gasteiger partial charge in [-0.1, -0.05) is 12.1 Å². The van der Waals surface area contributed by atoms with Crippen molar-refractivity contribution in [2.45, 2.75) is 44.3 Å². The monoisotopic (exact) mass is 428 g/mol. The number of carboxylic acid groups (broad SMARTS) is 1. The minimum absolute atomic E-state index is 0.0370. The molecule has 0 spiro atoms. The SMILES string of the molecule is O=C(O)C1Cc2c(c(-c3cccc(OC(F)F)c3)nn2C2CCOCC2)C(F)(F)C1. The molecule has 10 heteroatoms. The topological polar surface area (TPSA) is 73.6 Å². The molecule has 1 aromatic heterocycles. The number of benzene rings is 1. The smallest absolute Gasteiger partial charge is 0.387 e. The van der Waals surface area contributed by atoms with E-state index in [4.69, 9.17) is 4.74 Å². The van der Waals surface area contributed by atoms with Gasteiger partial charge in [-0.05, 0) is 25.0 Å². The molecule has 2 aliphatic rings. The van der Waals surface area contributed by atoms with E-state index < -0.39 is 30.8 Å². The van der Waals surface area contributed by atoms with Crippen LogP contribution < -0.4 is 4.74 Å². The average molecular weight is 428 g/mol. The fourth-order valence-corrected chi connectivity index (χ4v) is 4.19. The van der Waals surface area contributed by atoms with Crippen molar-refractivity contribution in [1.82, 2.24) is 9.78 Å². The number of aromatic nitrogens is 2. The van der Waals surface area contributed by atoms with Crippen LogP contribution in [-0.2, 0) is 21.9 Å². The van der Waals surface area contributed by atoms with E-state index >= 15 is 8.78 Å². The van der Waals surface area contributed by atoms with Gasteiger partial charge in [0.15, 0.2) is 0 Å². The quantitative estimate of drug-likeness (QED) is 0.722. The van der Waals surface area contributed by atoms with E-state index in [0.717, 1.165) is 0 Å². The Labute approximate surface area is 169 Å². The lowest BCUT2D eigenvalue weighted by atomic mass is 9.82. The first-order chi connectivity index (χ1) is 14.3. The van der Waals surface area contributed by atoms with Gasteiger partial charge in [-0.25, -0.2) is 8.78 Å². The van der Waals surface area contributed by atoms with Crippen molar-refractivity contribution in [2.24, 2.45) is 5.92 Å². The lowest BCUT2D eigenvalue weighted by Crippen LogP contribution is -2.33. The molecule has 2 heterocycles. The predicted molar refractivity (Wildman–Crippen MR) is 96.7 cm³/mol. The standard InChI is InChI=1S/C20H20F4N2O4/c21-19(22)30-14-3-1-2-11(8-14)17-16-15(9-12(18(27)28)10-20(16,23)24)26(25-17)13-4-6-29-7-5-13/h1-3,8,12-13,19H,4-7,9-10H2,(H,27,28). The van der Waals surface area contributed by atoms with Crippen molar-refractivity contribution in [3.8, 4) is 17.0 Å². The molecule has 1 atom stereocenters. The highest BCUT2D eigenvalue weighted by Crippen LogP contribution is 2.48. The molecule has 0 saturated carbocycles. The second-order valence-corrected chi connectivity index (χ2v) is 7.51. The van der Waals surface area contributed by atoms with Gasteiger partial charge in [-0.15, -0.1) is 0 Å². The highest BCUT2D eigenvalue weighted by Gasteiger charge is 2.48. The summed E-state index contributed by atoms with van der Waals surface area (Å²) in [5.74, 6) is -6.10. The summed E-state index contributed by atoms with van der Waals surface area (Å²) in [5.41, 5.74) is 0.0233. The molecule has 1 aromatic carbocycles. The number of fused-ring (bicyclic) bond motifs is 1. The zero-order chi connectivity index (χ0) is 21.5. The molecule has 30 heavy (non-hydrogen) atoms. The van der Waals surface area contributed by atoms with Gasteiger partial charge in [0.1, 0.15) is 11.4 Å². The molecule has 0 amide bonds. The van der Waals surface area contributed by atoms with E-state index in [-0.39, 0.29) is 40.7 Å². The van der Waals surface area contributed by atoms with Gasteiger partial charge in [-0.3, -0.25) is 9.48 Å². The van der Waals surface area contributed by atoms with E-state index in [1.54, 1.807) is 0 Å². The summed E-state index contributed by atoms with van der Waals surface area (Å²) in [7, 11) is 0. The number of hydrogen-bond acceptors (Lipinski definition) is 4. The molecule has 1 unspecified atom stereocenters. The number of carboxylic acids is 1. The Bertz CT molecular complexity index is 941. The minimum atomic E-state index is -3.42. The molecule has 1 aliphatic carbocycles. The first kappa shape index (κ1) is 20.6. The third-order valence-corrected chi connectivity index (χ3v) is 5.54. The first-order valence-corrected chi connectivity index (χ1v) is 9.61. The third kappa shape index (κ3) is 3.88. The van der Waals surface area contributed by atoms with Crippen molar-refractivity contribution in [3.63, 3.8) is 0 Å². The highest BCUT2D eigenvalue weighted by molar-refractivity contribution is 5.73. The molecule has 2 aromatic rings. The number of aliphatic carboxylic acids is 1. The van der Waals surface area contributed by atoms with Crippen molar-refractivity contribution in [3.05, 3.63) is 35.5 Å². The zero-order valence-electron chi connectivity index (χ0n) is 15.9. The largest absolute Gasteiger partial charge is 0.481 e. The van der Waals surface area contributed by atoms with Gasteiger partial charge in [-0.2, -0.15) is 13.9 Å². The number of rotatable bonds is 5. The third-order valence-electron chi connectivity index (χ3n) is 5.54. The number of ether oxygens (including phenoxy) is 2. The summed E-state index contributed by atoms with van der Waals surface area (Å²) in [6, 6.07) is 5.26. The van der Waals surface area contributed by atoms with Crippen LogP contribution in [0, 0.1) is 5.92 Å². The van der Waals surface area contributed by atoms with E-state index in [9.17, 15) is 18.7 Å². The van der Waals surface area contributed by atoms with Crippen LogP contribution in [0.4, 0.5) is 17.6 Å². The Morgan fingerprint density at radius 2 is 2.03 bits per heavy atom. The second kappa shape index (κ2) is 7.90. The number of carbonyl (C=O) groups is 1. The summed E-state index contributed by atoms with van der Waals surface area (Å²) >= 11 is 0. The summed E-state index contributed by atoms with van der Waals surface area (Å²) in [6.45, 7) is -2.15. The molecule has 162 valence electrons. The molecule has 1 N–H and O–H groups in total. The Balaban J connectivity index is 1.85. The van der Waals surface area contributed by atoms with E-state index in [1.165, 1.54) is 28.9 Å². The molecule has 0 bridgehead atoms. The number of halogens is 4. The Morgan fingerprint density at radius 3 is 2.70 bits per heavy atom. The van der Waals surface area contributed by atoms with Crippen molar-refractivity contribution >= 4 is 5.97 Å². The van der Waals surface area contributed by atoms with Crippen LogP contribution in [-0.4, -0.2) is 40.7 Å². The Morgan fingerprint density at radius 1 is 1.30 bits per heavy atom. The van der Waals surface area contributed by atoms with Gasteiger partial charge < -0.3 is 14.6 Å². The molecular weight excluding hydrogens is 408 g/mol. The molecule has 4 rings (SSSR count). The maximum Gasteiger partial charge on any atom is 0.387 e. The van der Waals surface area contributed by atoms with E-state index in [2.05, 4.69) is 9.84 Å². The summed E-state index contributed by atoms with van der Waals surface area (Å²) < 4.78 is 66.7. The van der Waals surface area contributed by atoms with Gasteiger partial charge >= 0.3 is 12.6 Å². The molecule has 0 radical (unpaired) electrons. The van der Waals surface area contributed by atoms with Crippen molar-refractivity contribution < 1.29 is 36.9 Å². The van der Waals surface area contributed by atoms with E-state index in [0.29, 0.717) is 26.1 Å². The first-order valence-electron chi connectivity index (χ1n) is 9.61. The maximum absolute atomic E-state index is 15.2. The van der Waals surface area contributed by atoms with Crippen LogP contribution in [0.1, 0.15) is 36.6 Å². The van der Waals surface area contributed by atoms with Crippen molar-refractivity contribution in [1.29, 1.82) is 0 Å². The second-order valence-electron chi connectivity index (χ2n) is 7.51. The molecule has 1 saturated heterocycles. The van der Waals surface area contributed by atoms with Crippen molar-refractivity contribution in [2.75, 3.05) is 13.2 Å². The van der Waals surface area contributed by atoms with Gasteiger partial charge in [0.05, 0.1) is 17.5 Å². The van der Waals surface area contributed by atoms with Gasteiger partial charge in [0, 0.05) is 37.3 Å². The summed E-state index contributed by atoms with van der Waals surface area (Å²) in [6.07, 6.45) is 0.212. The zero-order valence-corrected chi connectivity index (χ0v) is 15.9. The summed E-state index contributed by atoms with van der Waals surface area (Å²) in [5, 5.41) is 13.8. The lowest BCUT2D eigenvalue weighted by molar-refractivity contribution is -0.147. The fraction of sp³-hybridized carbons (Fsp3) is 0.500. The molecule has 1 aliphatic heterocycles. The molecule has 6 nitrogen and oxygen atoms in total. The van der Waals surface area contributed by atoms with Crippen LogP contribution >= 0.6 is 0 Å². The fourth-order valence-electron chi connectivity index (χ4n) is 4.19. The molecule has 1 fully saturated rings. The normalized spacial score (nSPS) is 21.4. The predicted octanol–water partition coefficient (Wildman–Crippen LogP) is 4.24. The lowest BCUT2D eigenvalue weighted by Gasteiger charge is -2.30. The number of hydrogen-bond donors (Lipinski definition) is 1. The van der Waals surface area contributed by atoms with Crippen LogP contribution in [0.15, 0.2) is 24.3 Å². The van der Waals surface area contributed by atoms with E-state index in [1.807, 2.05) is 0 Å². The average Bonchev–Trinajstić information content (AvgIpc) is 3.09. The summed E-state index contributed by atoms with van der Waals surface area (Å²) in [4.78, 5) is 11.5. The Hall–Kier alpha value is -2.62. The molecular formula is C20H20F4N2O4. The van der Waals surface area contributed by atoms with Crippen LogP contribution in [0.2, 0.25) is 0 Å².